The highest BCUT2D eigenvalue weighted by atomic mass is 32.2. The summed E-state index contributed by atoms with van der Waals surface area (Å²) in [5, 5.41) is 3.22. The quantitative estimate of drug-likeness (QED) is 0.402. The summed E-state index contributed by atoms with van der Waals surface area (Å²) >= 11 is 0. The van der Waals surface area contributed by atoms with Crippen molar-refractivity contribution in [3.63, 3.8) is 0 Å². The van der Waals surface area contributed by atoms with Gasteiger partial charge in [-0.15, -0.1) is 0 Å². The molecule has 28 heavy (non-hydrogen) atoms. The van der Waals surface area contributed by atoms with Gasteiger partial charge in [0.15, 0.2) is 5.96 Å². The van der Waals surface area contributed by atoms with Gasteiger partial charge in [0.2, 0.25) is 10.0 Å². The van der Waals surface area contributed by atoms with Crippen LogP contribution in [0.25, 0.3) is 0 Å². The van der Waals surface area contributed by atoms with Crippen molar-refractivity contribution in [2.24, 2.45) is 4.99 Å². The molecule has 2 N–H and O–H groups in total. The molecule has 1 saturated heterocycles. The minimum absolute atomic E-state index is 0.157. The summed E-state index contributed by atoms with van der Waals surface area (Å²) in [5.74, 6) is 1.75. The molecule has 0 amide bonds. The molecule has 3 heterocycles. The number of nitrogens with zero attached hydrogens (tertiary/aromatic N) is 5. The lowest BCUT2D eigenvalue weighted by Crippen LogP contribution is -2.53. The van der Waals surface area contributed by atoms with E-state index in [-0.39, 0.29) is 11.4 Å². The molecule has 150 valence electrons. The van der Waals surface area contributed by atoms with Gasteiger partial charge in [0.25, 0.3) is 0 Å². The topological polar surface area (TPSA) is 103 Å². The van der Waals surface area contributed by atoms with Crippen molar-refractivity contribution < 1.29 is 8.42 Å². The van der Waals surface area contributed by atoms with Crippen molar-refractivity contribution in [3.05, 3.63) is 48.9 Å². The van der Waals surface area contributed by atoms with Crippen LogP contribution in [0.1, 0.15) is 0 Å². The van der Waals surface area contributed by atoms with E-state index in [1.807, 2.05) is 18.2 Å². The monoisotopic (exact) mass is 403 g/mol. The van der Waals surface area contributed by atoms with Gasteiger partial charge in [-0.25, -0.2) is 18.1 Å². The van der Waals surface area contributed by atoms with Crippen LogP contribution in [0.2, 0.25) is 0 Å². The number of hydrogen-bond acceptors (Lipinski definition) is 6. The average Bonchev–Trinajstić information content (AvgIpc) is 2.75. The third kappa shape index (κ3) is 5.17. The van der Waals surface area contributed by atoms with Gasteiger partial charge < -0.3 is 15.1 Å². The SMILES string of the molecule is CN=C(NCCNS(=O)(=O)c1cccnc1)N1CCN(c2ccccn2)CC1. The fraction of sp³-hybridized carbons (Fsp3) is 0.389. The lowest BCUT2D eigenvalue weighted by molar-refractivity contribution is 0.372. The van der Waals surface area contributed by atoms with E-state index in [4.69, 9.17) is 0 Å². The Bertz CT molecular complexity index is 867. The Balaban J connectivity index is 1.44. The maximum atomic E-state index is 12.2. The summed E-state index contributed by atoms with van der Waals surface area (Å²) < 4.78 is 26.9. The summed E-state index contributed by atoms with van der Waals surface area (Å²) in [6.45, 7) is 4.03. The molecule has 3 rings (SSSR count). The van der Waals surface area contributed by atoms with Gasteiger partial charge >= 0.3 is 0 Å². The zero-order valence-corrected chi connectivity index (χ0v) is 16.6. The molecule has 1 aliphatic heterocycles. The van der Waals surface area contributed by atoms with Crippen LogP contribution in [0, 0.1) is 0 Å². The van der Waals surface area contributed by atoms with Crippen molar-refractivity contribution in [2.75, 3.05) is 51.2 Å². The second kappa shape index (κ2) is 9.47. The number of anilines is 1. The third-order valence-electron chi connectivity index (χ3n) is 4.41. The Labute approximate surface area is 165 Å². The Kier molecular flexibility index (Phi) is 6.77. The number of piperazine rings is 1. The van der Waals surface area contributed by atoms with E-state index in [2.05, 4.69) is 34.8 Å². The molecule has 1 fully saturated rings. The van der Waals surface area contributed by atoms with E-state index < -0.39 is 10.0 Å². The first-order valence-corrected chi connectivity index (χ1v) is 10.6. The van der Waals surface area contributed by atoms with Gasteiger partial charge in [-0.2, -0.15) is 0 Å². The summed E-state index contributed by atoms with van der Waals surface area (Å²) in [5.41, 5.74) is 0. The number of rotatable bonds is 6. The first kappa shape index (κ1) is 20.0. The fourth-order valence-corrected chi connectivity index (χ4v) is 3.96. The summed E-state index contributed by atoms with van der Waals surface area (Å²) in [6.07, 6.45) is 4.67. The zero-order chi connectivity index (χ0) is 19.8. The van der Waals surface area contributed by atoms with E-state index in [1.165, 1.54) is 18.5 Å². The molecule has 0 atom stereocenters. The minimum Gasteiger partial charge on any atom is -0.355 e. The number of aromatic nitrogens is 2. The number of nitrogens with one attached hydrogen (secondary N) is 2. The summed E-state index contributed by atoms with van der Waals surface area (Å²) in [7, 11) is -1.82. The van der Waals surface area contributed by atoms with Gasteiger partial charge in [-0.1, -0.05) is 6.07 Å². The highest BCUT2D eigenvalue weighted by molar-refractivity contribution is 7.89. The summed E-state index contributed by atoms with van der Waals surface area (Å²) in [4.78, 5) is 17.1. The van der Waals surface area contributed by atoms with E-state index in [1.54, 1.807) is 19.3 Å². The van der Waals surface area contributed by atoms with E-state index in [0.29, 0.717) is 6.54 Å². The number of aliphatic imine (C=N–C) groups is 1. The first-order valence-electron chi connectivity index (χ1n) is 9.11. The molecule has 9 nitrogen and oxygen atoms in total. The largest absolute Gasteiger partial charge is 0.355 e. The fourth-order valence-electron chi connectivity index (χ4n) is 2.97. The van der Waals surface area contributed by atoms with Crippen molar-refractivity contribution in [1.29, 1.82) is 0 Å². The van der Waals surface area contributed by atoms with Crippen molar-refractivity contribution >= 4 is 21.8 Å². The second-order valence-electron chi connectivity index (χ2n) is 6.22. The Morgan fingerprint density at radius 3 is 2.57 bits per heavy atom. The standard InChI is InChI=1S/C18H25N7O2S/c1-19-18(22-9-10-23-28(26,27)16-5-4-7-20-15-16)25-13-11-24(12-14-25)17-6-2-3-8-21-17/h2-8,15,23H,9-14H2,1H3,(H,19,22). The molecule has 0 saturated carbocycles. The molecular weight excluding hydrogens is 378 g/mol. The van der Waals surface area contributed by atoms with Crippen molar-refractivity contribution in [2.45, 2.75) is 4.90 Å². The molecule has 0 aliphatic carbocycles. The molecule has 10 heteroatoms. The molecule has 0 bridgehead atoms. The lowest BCUT2D eigenvalue weighted by atomic mass is 10.3. The minimum atomic E-state index is -3.55. The highest BCUT2D eigenvalue weighted by Crippen LogP contribution is 2.12. The number of sulfonamides is 1. The predicted molar refractivity (Wildman–Crippen MR) is 109 cm³/mol. The Morgan fingerprint density at radius 1 is 1.11 bits per heavy atom. The van der Waals surface area contributed by atoms with Crippen LogP contribution in [0.3, 0.4) is 0 Å². The smallest absolute Gasteiger partial charge is 0.242 e. The van der Waals surface area contributed by atoms with E-state index in [9.17, 15) is 8.42 Å². The normalized spacial score (nSPS) is 15.5. The van der Waals surface area contributed by atoms with Crippen LogP contribution in [0.15, 0.2) is 58.8 Å². The van der Waals surface area contributed by atoms with Crippen molar-refractivity contribution in [3.8, 4) is 0 Å². The van der Waals surface area contributed by atoms with E-state index >= 15 is 0 Å². The number of guanidine groups is 1. The molecule has 2 aromatic heterocycles. The Morgan fingerprint density at radius 2 is 1.93 bits per heavy atom. The molecule has 0 unspecified atom stereocenters. The number of pyridine rings is 2. The van der Waals surface area contributed by atoms with Crippen LogP contribution in [-0.2, 0) is 10.0 Å². The predicted octanol–water partition coefficient (Wildman–Crippen LogP) is 0.153. The van der Waals surface area contributed by atoms with E-state index in [0.717, 1.165) is 38.0 Å². The maximum Gasteiger partial charge on any atom is 0.242 e. The van der Waals surface area contributed by atoms with Crippen LogP contribution in [0.4, 0.5) is 5.82 Å². The molecule has 0 radical (unpaired) electrons. The molecule has 0 aromatic carbocycles. The van der Waals surface area contributed by atoms with Gasteiger partial charge in [0.1, 0.15) is 10.7 Å². The highest BCUT2D eigenvalue weighted by Gasteiger charge is 2.20. The number of hydrogen-bond donors (Lipinski definition) is 2. The third-order valence-corrected chi connectivity index (χ3v) is 5.86. The lowest BCUT2D eigenvalue weighted by Gasteiger charge is -2.37. The molecule has 2 aromatic rings. The van der Waals surface area contributed by atoms with Crippen LogP contribution >= 0.6 is 0 Å². The van der Waals surface area contributed by atoms with Crippen LogP contribution in [0.5, 0.6) is 0 Å². The molecule has 0 spiro atoms. The second-order valence-corrected chi connectivity index (χ2v) is 7.99. The first-order chi connectivity index (χ1) is 13.6. The van der Waals surface area contributed by atoms with Crippen LogP contribution in [-0.4, -0.2) is 75.6 Å². The zero-order valence-electron chi connectivity index (χ0n) is 15.8. The van der Waals surface area contributed by atoms with Gasteiger partial charge in [0.05, 0.1) is 0 Å². The van der Waals surface area contributed by atoms with Crippen molar-refractivity contribution in [1.82, 2.24) is 24.9 Å². The maximum absolute atomic E-state index is 12.2. The summed E-state index contributed by atoms with van der Waals surface area (Å²) in [6, 6.07) is 9.02. The van der Waals surface area contributed by atoms with Gasteiger partial charge in [0, 0.05) is 64.9 Å². The van der Waals surface area contributed by atoms with Gasteiger partial charge in [-0.3, -0.25) is 9.98 Å². The van der Waals surface area contributed by atoms with Crippen LogP contribution < -0.4 is 14.9 Å². The molecule has 1 aliphatic rings. The van der Waals surface area contributed by atoms with Gasteiger partial charge in [-0.05, 0) is 24.3 Å². The molecular formula is C18H25N7O2S. The Hall–Kier alpha value is -2.72. The average molecular weight is 404 g/mol.